The summed E-state index contributed by atoms with van der Waals surface area (Å²) in [7, 11) is 0. The molecule has 0 aliphatic carbocycles. The number of H-pyrrole nitrogens is 1. The van der Waals surface area contributed by atoms with Gasteiger partial charge in [-0.15, -0.1) is 0 Å². The van der Waals surface area contributed by atoms with Gasteiger partial charge in [-0.1, -0.05) is 24.3 Å². The lowest BCUT2D eigenvalue weighted by atomic mass is 10.0. The minimum absolute atomic E-state index is 0.00952. The van der Waals surface area contributed by atoms with Crippen LogP contribution in [-0.2, 0) is 6.61 Å². The fourth-order valence-corrected chi connectivity index (χ4v) is 2.20. The SMILES string of the molecule is NC(=O)c1n[nH]nc1-c1ccccc1COc1ccc(F)c(F)c1. The second-order valence-corrected chi connectivity index (χ2v) is 4.91. The number of carbonyl (C=O) groups excluding carboxylic acids is 1. The zero-order valence-electron chi connectivity index (χ0n) is 12.3. The first kappa shape index (κ1) is 15.6. The van der Waals surface area contributed by atoms with E-state index in [4.69, 9.17) is 10.5 Å². The molecule has 122 valence electrons. The van der Waals surface area contributed by atoms with Crippen molar-refractivity contribution in [2.45, 2.75) is 6.61 Å². The van der Waals surface area contributed by atoms with Crippen LogP contribution in [0.4, 0.5) is 8.78 Å². The fourth-order valence-electron chi connectivity index (χ4n) is 2.20. The Labute approximate surface area is 135 Å². The van der Waals surface area contributed by atoms with Crippen molar-refractivity contribution in [3.05, 3.63) is 65.4 Å². The van der Waals surface area contributed by atoms with Crippen LogP contribution in [0, 0.1) is 11.6 Å². The Bertz CT molecular complexity index is 895. The molecule has 0 unspecified atom stereocenters. The number of nitrogens with two attached hydrogens (primary N) is 1. The minimum Gasteiger partial charge on any atom is -0.489 e. The van der Waals surface area contributed by atoms with Gasteiger partial charge in [0.05, 0.1) is 0 Å². The number of hydrogen-bond donors (Lipinski definition) is 2. The summed E-state index contributed by atoms with van der Waals surface area (Å²) in [5.41, 5.74) is 6.86. The van der Waals surface area contributed by atoms with E-state index in [2.05, 4.69) is 15.4 Å². The van der Waals surface area contributed by atoms with E-state index in [1.54, 1.807) is 24.3 Å². The lowest BCUT2D eigenvalue weighted by Crippen LogP contribution is -2.13. The number of nitrogens with zero attached hydrogens (tertiary/aromatic N) is 2. The summed E-state index contributed by atoms with van der Waals surface area (Å²) >= 11 is 0. The molecule has 3 rings (SSSR count). The van der Waals surface area contributed by atoms with Crippen molar-refractivity contribution in [1.29, 1.82) is 0 Å². The van der Waals surface area contributed by atoms with Crippen LogP contribution < -0.4 is 10.5 Å². The van der Waals surface area contributed by atoms with Gasteiger partial charge in [0.1, 0.15) is 18.1 Å². The highest BCUT2D eigenvalue weighted by Gasteiger charge is 2.18. The molecular formula is C16H12F2N4O2. The summed E-state index contributed by atoms with van der Waals surface area (Å²) in [6.45, 7) is 0.0618. The summed E-state index contributed by atoms with van der Waals surface area (Å²) in [6.07, 6.45) is 0. The second kappa shape index (κ2) is 6.45. The third-order valence-corrected chi connectivity index (χ3v) is 3.34. The standard InChI is InChI=1S/C16H12F2N4O2/c17-12-6-5-10(7-13(12)18)24-8-9-3-1-2-4-11(9)14-15(16(19)23)21-22-20-14/h1-7H,8H2,(H2,19,23)(H,20,21,22). The molecule has 0 bridgehead atoms. The maximum Gasteiger partial charge on any atom is 0.271 e. The predicted octanol–water partition coefficient (Wildman–Crippen LogP) is 2.43. The van der Waals surface area contributed by atoms with E-state index in [0.717, 1.165) is 12.1 Å². The average molecular weight is 330 g/mol. The minimum atomic E-state index is -0.992. The summed E-state index contributed by atoms with van der Waals surface area (Å²) in [5, 5.41) is 10.0. The summed E-state index contributed by atoms with van der Waals surface area (Å²) in [5.74, 6) is -2.47. The average Bonchev–Trinajstić information content (AvgIpc) is 3.06. The number of benzene rings is 2. The van der Waals surface area contributed by atoms with Gasteiger partial charge in [0.25, 0.3) is 5.91 Å². The largest absolute Gasteiger partial charge is 0.489 e. The van der Waals surface area contributed by atoms with Crippen molar-refractivity contribution in [3.63, 3.8) is 0 Å². The molecule has 0 fully saturated rings. The van der Waals surface area contributed by atoms with Gasteiger partial charge in [0.15, 0.2) is 17.3 Å². The number of aromatic nitrogens is 3. The van der Waals surface area contributed by atoms with E-state index in [0.29, 0.717) is 16.8 Å². The molecule has 1 aromatic heterocycles. The molecule has 8 heteroatoms. The third kappa shape index (κ3) is 3.07. The molecule has 3 N–H and O–H groups in total. The van der Waals surface area contributed by atoms with Crippen molar-refractivity contribution in [2.75, 3.05) is 0 Å². The molecule has 0 saturated carbocycles. The first-order valence-corrected chi connectivity index (χ1v) is 6.93. The quantitative estimate of drug-likeness (QED) is 0.751. The molecule has 2 aromatic carbocycles. The van der Waals surface area contributed by atoms with Gasteiger partial charge in [0.2, 0.25) is 0 Å². The van der Waals surface area contributed by atoms with Crippen LogP contribution in [0.5, 0.6) is 5.75 Å². The Morgan fingerprint density at radius 2 is 1.92 bits per heavy atom. The number of amides is 1. The highest BCUT2D eigenvalue weighted by Crippen LogP contribution is 2.25. The number of rotatable bonds is 5. The Kier molecular flexibility index (Phi) is 4.19. The number of ether oxygens (including phenoxy) is 1. The van der Waals surface area contributed by atoms with Gasteiger partial charge < -0.3 is 10.5 Å². The molecule has 1 amide bonds. The topological polar surface area (TPSA) is 93.9 Å². The maximum absolute atomic E-state index is 13.2. The van der Waals surface area contributed by atoms with Crippen LogP contribution in [0.25, 0.3) is 11.3 Å². The Balaban J connectivity index is 1.88. The van der Waals surface area contributed by atoms with Gasteiger partial charge in [0, 0.05) is 11.6 Å². The summed E-state index contributed by atoms with van der Waals surface area (Å²) in [6, 6.07) is 10.3. The Morgan fingerprint density at radius 3 is 2.67 bits per heavy atom. The number of primary amides is 1. The molecule has 3 aromatic rings. The zero-order valence-corrected chi connectivity index (χ0v) is 12.3. The molecule has 0 atom stereocenters. The van der Waals surface area contributed by atoms with Crippen molar-refractivity contribution < 1.29 is 18.3 Å². The van der Waals surface area contributed by atoms with Gasteiger partial charge >= 0.3 is 0 Å². The second-order valence-electron chi connectivity index (χ2n) is 4.91. The van der Waals surface area contributed by atoms with Crippen LogP contribution >= 0.6 is 0 Å². The van der Waals surface area contributed by atoms with Crippen LogP contribution in [0.3, 0.4) is 0 Å². The number of hydrogen-bond acceptors (Lipinski definition) is 4. The van der Waals surface area contributed by atoms with Gasteiger partial charge in [-0.05, 0) is 17.7 Å². The number of aromatic amines is 1. The van der Waals surface area contributed by atoms with Gasteiger partial charge in [-0.3, -0.25) is 4.79 Å². The molecule has 24 heavy (non-hydrogen) atoms. The third-order valence-electron chi connectivity index (χ3n) is 3.34. The van der Waals surface area contributed by atoms with Gasteiger partial charge in [-0.25, -0.2) is 8.78 Å². The van der Waals surface area contributed by atoms with Crippen LogP contribution in [0.15, 0.2) is 42.5 Å². The highest BCUT2D eigenvalue weighted by atomic mass is 19.2. The van der Waals surface area contributed by atoms with Crippen molar-refractivity contribution in [3.8, 4) is 17.0 Å². The molecule has 6 nitrogen and oxygen atoms in total. The van der Waals surface area contributed by atoms with E-state index >= 15 is 0 Å². The molecule has 0 aliphatic rings. The van der Waals surface area contributed by atoms with Gasteiger partial charge in [-0.2, -0.15) is 15.4 Å². The maximum atomic E-state index is 13.2. The normalized spacial score (nSPS) is 10.6. The fraction of sp³-hybridized carbons (Fsp3) is 0.0625. The number of nitrogens with one attached hydrogen (secondary N) is 1. The number of carbonyl (C=O) groups is 1. The van der Waals surface area contributed by atoms with Crippen molar-refractivity contribution in [1.82, 2.24) is 15.4 Å². The predicted molar refractivity (Wildman–Crippen MR) is 81.0 cm³/mol. The van der Waals surface area contributed by atoms with E-state index in [9.17, 15) is 13.6 Å². The monoisotopic (exact) mass is 330 g/mol. The Morgan fingerprint density at radius 1 is 1.12 bits per heavy atom. The van der Waals surface area contributed by atoms with E-state index in [1.807, 2.05) is 0 Å². The lowest BCUT2D eigenvalue weighted by Gasteiger charge is -2.10. The van der Waals surface area contributed by atoms with Crippen LogP contribution in [-0.4, -0.2) is 21.3 Å². The van der Waals surface area contributed by atoms with E-state index in [1.165, 1.54) is 6.07 Å². The Hall–Kier alpha value is -3.29. The molecular weight excluding hydrogens is 318 g/mol. The molecule has 0 spiro atoms. The summed E-state index contributed by atoms with van der Waals surface area (Å²) < 4.78 is 31.6. The molecule has 0 saturated heterocycles. The van der Waals surface area contributed by atoms with Crippen molar-refractivity contribution in [2.24, 2.45) is 5.73 Å². The molecule has 0 radical (unpaired) electrons. The van der Waals surface area contributed by atoms with Crippen LogP contribution in [0.2, 0.25) is 0 Å². The number of halogens is 2. The van der Waals surface area contributed by atoms with E-state index < -0.39 is 17.5 Å². The molecule has 1 heterocycles. The van der Waals surface area contributed by atoms with Crippen LogP contribution in [0.1, 0.15) is 16.1 Å². The van der Waals surface area contributed by atoms with Crippen molar-refractivity contribution >= 4 is 5.91 Å². The smallest absolute Gasteiger partial charge is 0.271 e. The zero-order chi connectivity index (χ0) is 17.1. The summed E-state index contributed by atoms with van der Waals surface area (Å²) in [4.78, 5) is 11.4. The highest BCUT2D eigenvalue weighted by molar-refractivity contribution is 5.97. The first-order valence-electron chi connectivity index (χ1n) is 6.93. The first-order chi connectivity index (χ1) is 11.6. The molecule has 0 aliphatic heterocycles. The van der Waals surface area contributed by atoms with E-state index in [-0.39, 0.29) is 18.1 Å². The lowest BCUT2D eigenvalue weighted by molar-refractivity contribution is 0.0996.